The predicted octanol–water partition coefficient (Wildman–Crippen LogP) is 1.02. The fraction of sp³-hybridized carbons (Fsp3) is 0.533. The second-order valence-electron chi connectivity index (χ2n) is 5.26. The second kappa shape index (κ2) is 8.10. The van der Waals surface area contributed by atoms with Crippen LogP contribution in [0.2, 0.25) is 5.02 Å². The third-order valence-electron chi connectivity index (χ3n) is 3.62. The van der Waals surface area contributed by atoms with E-state index in [1.807, 2.05) is 0 Å². The van der Waals surface area contributed by atoms with Gasteiger partial charge in [0.15, 0.2) is 0 Å². The molecule has 1 aliphatic rings. The molecule has 22 heavy (non-hydrogen) atoms. The van der Waals surface area contributed by atoms with Crippen molar-refractivity contribution in [2.24, 2.45) is 0 Å². The van der Waals surface area contributed by atoms with Gasteiger partial charge in [0.2, 0.25) is 5.91 Å². The van der Waals surface area contributed by atoms with Crippen LogP contribution in [0.15, 0.2) is 18.3 Å². The van der Waals surface area contributed by atoms with E-state index in [2.05, 4.69) is 22.1 Å². The number of carbonyl (C=O) groups excluding carboxylic acids is 2. The van der Waals surface area contributed by atoms with Crippen LogP contribution in [-0.2, 0) is 4.79 Å². The van der Waals surface area contributed by atoms with Gasteiger partial charge in [-0.05, 0) is 25.1 Å². The van der Waals surface area contributed by atoms with E-state index in [-0.39, 0.29) is 24.1 Å². The molecule has 0 unspecified atom stereocenters. The van der Waals surface area contributed by atoms with Crippen molar-refractivity contribution < 1.29 is 9.59 Å². The van der Waals surface area contributed by atoms with Gasteiger partial charge in [0.05, 0.1) is 6.54 Å². The summed E-state index contributed by atoms with van der Waals surface area (Å²) in [6, 6.07) is 3.07. The Kier molecular flexibility index (Phi) is 6.15. The van der Waals surface area contributed by atoms with Gasteiger partial charge in [0.1, 0.15) is 5.69 Å². The zero-order chi connectivity index (χ0) is 15.9. The van der Waals surface area contributed by atoms with E-state index in [0.29, 0.717) is 18.1 Å². The minimum Gasteiger partial charge on any atom is -0.342 e. The SMILES string of the molecule is CCCN1CCN(C(=O)CNC(=O)c2cc(Cl)ccn2)CC1. The first-order valence-electron chi connectivity index (χ1n) is 7.50. The maximum absolute atomic E-state index is 12.1. The molecule has 2 heterocycles. The highest BCUT2D eigenvalue weighted by Crippen LogP contribution is 2.08. The number of carbonyl (C=O) groups is 2. The molecule has 1 aromatic heterocycles. The van der Waals surface area contributed by atoms with E-state index in [0.717, 1.165) is 26.1 Å². The lowest BCUT2D eigenvalue weighted by Crippen LogP contribution is -2.51. The van der Waals surface area contributed by atoms with E-state index in [9.17, 15) is 9.59 Å². The lowest BCUT2D eigenvalue weighted by atomic mass is 10.3. The molecule has 7 heteroatoms. The predicted molar refractivity (Wildman–Crippen MR) is 84.9 cm³/mol. The maximum atomic E-state index is 12.1. The summed E-state index contributed by atoms with van der Waals surface area (Å²) in [5, 5.41) is 3.04. The molecule has 0 aromatic carbocycles. The van der Waals surface area contributed by atoms with E-state index >= 15 is 0 Å². The Morgan fingerprint density at radius 2 is 2.05 bits per heavy atom. The van der Waals surface area contributed by atoms with Gasteiger partial charge in [-0.25, -0.2) is 0 Å². The minimum atomic E-state index is -0.388. The first kappa shape index (κ1) is 16.7. The van der Waals surface area contributed by atoms with Crippen molar-refractivity contribution in [1.82, 2.24) is 20.1 Å². The molecule has 2 amide bonds. The molecule has 1 fully saturated rings. The molecule has 2 rings (SSSR count). The number of nitrogens with one attached hydrogen (secondary N) is 1. The van der Waals surface area contributed by atoms with E-state index in [1.165, 1.54) is 12.3 Å². The number of pyridine rings is 1. The number of hydrogen-bond donors (Lipinski definition) is 1. The molecule has 0 bridgehead atoms. The molecule has 1 aliphatic heterocycles. The molecule has 0 radical (unpaired) electrons. The Balaban J connectivity index is 1.77. The molecular formula is C15H21ClN4O2. The number of nitrogens with zero attached hydrogens (tertiary/aromatic N) is 3. The van der Waals surface area contributed by atoms with Crippen LogP contribution in [0.25, 0.3) is 0 Å². The zero-order valence-corrected chi connectivity index (χ0v) is 13.5. The maximum Gasteiger partial charge on any atom is 0.270 e. The summed E-state index contributed by atoms with van der Waals surface area (Å²) in [4.78, 5) is 32.1. The lowest BCUT2D eigenvalue weighted by Gasteiger charge is -2.34. The minimum absolute atomic E-state index is 0.0131. The summed E-state index contributed by atoms with van der Waals surface area (Å²) in [6.07, 6.45) is 2.59. The van der Waals surface area contributed by atoms with Gasteiger partial charge >= 0.3 is 0 Å². The average molecular weight is 325 g/mol. The molecule has 120 valence electrons. The topological polar surface area (TPSA) is 65.5 Å². The van der Waals surface area contributed by atoms with Gasteiger partial charge in [-0.3, -0.25) is 19.5 Å². The van der Waals surface area contributed by atoms with Crippen LogP contribution in [0.4, 0.5) is 0 Å². The Bertz CT molecular complexity index is 530. The van der Waals surface area contributed by atoms with Gasteiger partial charge in [-0.15, -0.1) is 0 Å². The number of hydrogen-bond acceptors (Lipinski definition) is 4. The molecule has 1 aromatic rings. The first-order chi connectivity index (χ1) is 10.6. The molecule has 6 nitrogen and oxygen atoms in total. The summed E-state index contributed by atoms with van der Waals surface area (Å²) in [6.45, 7) is 6.41. The molecule has 1 saturated heterocycles. The van der Waals surface area contributed by atoms with Gasteiger partial charge in [-0.2, -0.15) is 0 Å². The zero-order valence-electron chi connectivity index (χ0n) is 12.7. The molecular weight excluding hydrogens is 304 g/mol. The summed E-state index contributed by atoms with van der Waals surface area (Å²) in [7, 11) is 0. The molecule has 0 atom stereocenters. The van der Waals surface area contributed by atoms with Crippen molar-refractivity contribution in [3.63, 3.8) is 0 Å². The van der Waals surface area contributed by atoms with Crippen molar-refractivity contribution in [3.8, 4) is 0 Å². The standard InChI is InChI=1S/C15H21ClN4O2/c1-2-5-19-6-8-20(9-7-19)14(21)11-18-15(22)13-10-12(16)3-4-17-13/h3-4,10H,2,5-9,11H2,1H3,(H,18,22). The van der Waals surface area contributed by atoms with Gasteiger partial charge in [-0.1, -0.05) is 18.5 Å². The fourth-order valence-corrected chi connectivity index (χ4v) is 2.58. The summed E-state index contributed by atoms with van der Waals surface area (Å²) in [5.41, 5.74) is 0.216. The van der Waals surface area contributed by atoms with E-state index in [1.54, 1.807) is 11.0 Å². The highest BCUT2D eigenvalue weighted by molar-refractivity contribution is 6.30. The van der Waals surface area contributed by atoms with Crippen molar-refractivity contribution in [3.05, 3.63) is 29.0 Å². The second-order valence-corrected chi connectivity index (χ2v) is 5.70. The third kappa shape index (κ3) is 4.68. The molecule has 1 N–H and O–H groups in total. The van der Waals surface area contributed by atoms with Crippen molar-refractivity contribution in [1.29, 1.82) is 0 Å². The Morgan fingerprint density at radius 3 is 2.68 bits per heavy atom. The lowest BCUT2D eigenvalue weighted by molar-refractivity contribution is -0.131. The highest BCUT2D eigenvalue weighted by Gasteiger charge is 2.21. The molecule has 0 saturated carbocycles. The number of halogens is 1. The Hall–Kier alpha value is -1.66. The van der Waals surface area contributed by atoms with Gasteiger partial charge < -0.3 is 10.2 Å². The van der Waals surface area contributed by atoms with Crippen molar-refractivity contribution >= 4 is 23.4 Å². The number of rotatable bonds is 5. The van der Waals surface area contributed by atoms with Crippen molar-refractivity contribution in [2.45, 2.75) is 13.3 Å². The quantitative estimate of drug-likeness (QED) is 0.878. The number of amides is 2. The van der Waals surface area contributed by atoms with Gasteiger partial charge in [0, 0.05) is 37.4 Å². The van der Waals surface area contributed by atoms with Crippen LogP contribution in [0, 0.1) is 0 Å². The monoisotopic (exact) mass is 324 g/mol. The highest BCUT2D eigenvalue weighted by atomic mass is 35.5. The first-order valence-corrected chi connectivity index (χ1v) is 7.88. The third-order valence-corrected chi connectivity index (χ3v) is 3.85. The van der Waals surface area contributed by atoms with E-state index < -0.39 is 0 Å². The van der Waals surface area contributed by atoms with Crippen LogP contribution in [0.5, 0.6) is 0 Å². The smallest absolute Gasteiger partial charge is 0.270 e. The van der Waals surface area contributed by atoms with Crippen molar-refractivity contribution in [2.75, 3.05) is 39.3 Å². The van der Waals surface area contributed by atoms with Crippen LogP contribution in [0.3, 0.4) is 0 Å². The van der Waals surface area contributed by atoms with Crippen LogP contribution >= 0.6 is 11.6 Å². The van der Waals surface area contributed by atoms with Crippen LogP contribution in [0.1, 0.15) is 23.8 Å². The number of aromatic nitrogens is 1. The molecule has 0 spiro atoms. The van der Waals surface area contributed by atoms with Gasteiger partial charge in [0.25, 0.3) is 5.91 Å². The number of piperazine rings is 1. The summed E-state index contributed by atoms with van der Waals surface area (Å²) < 4.78 is 0. The van der Waals surface area contributed by atoms with Crippen LogP contribution in [-0.4, -0.2) is 65.9 Å². The largest absolute Gasteiger partial charge is 0.342 e. The van der Waals surface area contributed by atoms with Crippen LogP contribution < -0.4 is 5.32 Å². The average Bonchev–Trinajstić information content (AvgIpc) is 2.53. The van der Waals surface area contributed by atoms with E-state index in [4.69, 9.17) is 11.6 Å². The summed E-state index contributed by atoms with van der Waals surface area (Å²) >= 11 is 5.81. The normalized spacial score (nSPS) is 15.6. The summed E-state index contributed by atoms with van der Waals surface area (Å²) in [5.74, 6) is -0.452. The Labute approximate surface area is 135 Å². The fourth-order valence-electron chi connectivity index (χ4n) is 2.42. The Morgan fingerprint density at radius 1 is 1.32 bits per heavy atom. The molecule has 0 aliphatic carbocycles.